The van der Waals surface area contributed by atoms with Crippen molar-refractivity contribution < 1.29 is 4.79 Å². The van der Waals surface area contributed by atoms with E-state index in [0.717, 1.165) is 41.2 Å². The average molecular weight is 307 g/mol. The van der Waals surface area contributed by atoms with E-state index < -0.39 is 0 Å². The molecule has 0 aliphatic carbocycles. The fraction of sp³-hybridized carbons (Fsp3) is 0.278. The molecule has 2 aliphatic rings. The van der Waals surface area contributed by atoms with Crippen molar-refractivity contribution in [3.05, 3.63) is 58.0 Å². The summed E-state index contributed by atoms with van der Waals surface area (Å²) in [6.07, 6.45) is 1.18. The zero-order chi connectivity index (χ0) is 16.0. The van der Waals surface area contributed by atoms with E-state index in [4.69, 9.17) is 0 Å². The number of benzene rings is 2. The predicted octanol–water partition coefficient (Wildman–Crippen LogP) is 2.91. The molecule has 0 bridgehead atoms. The molecule has 0 fully saturated rings. The van der Waals surface area contributed by atoms with Crippen LogP contribution in [0.25, 0.3) is 11.1 Å². The van der Waals surface area contributed by atoms with Gasteiger partial charge in [-0.1, -0.05) is 30.3 Å². The van der Waals surface area contributed by atoms with Gasteiger partial charge < -0.3 is 4.90 Å². The van der Waals surface area contributed by atoms with Crippen molar-refractivity contribution in [2.24, 2.45) is 5.29 Å². The molecule has 4 rings (SSSR count). The lowest BCUT2D eigenvalue weighted by Crippen LogP contribution is -2.28. The fourth-order valence-corrected chi connectivity index (χ4v) is 3.66. The van der Waals surface area contributed by atoms with E-state index >= 15 is 0 Å². The summed E-state index contributed by atoms with van der Waals surface area (Å²) in [5.74, 6) is -0.235. The van der Waals surface area contributed by atoms with E-state index in [1.165, 1.54) is 11.1 Å². The van der Waals surface area contributed by atoms with Crippen molar-refractivity contribution in [2.75, 3.05) is 18.6 Å². The highest BCUT2D eigenvalue weighted by molar-refractivity contribution is 6.02. The molecule has 2 aromatic rings. The zero-order valence-corrected chi connectivity index (χ0v) is 13.0. The lowest BCUT2D eigenvalue weighted by molar-refractivity contribution is -0.117. The smallest absolute Gasteiger partial charge is 0.254 e. The van der Waals surface area contributed by atoms with Gasteiger partial charge in [0, 0.05) is 13.1 Å². The van der Waals surface area contributed by atoms with Gasteiger partial charge in [-0.25, -0.2) is 0 Å². The van der Waals surface area contributed by atoms with Crippen molar-refractivity contribution in [2.45, 2.75) is 19.4 Å². The topological polar surface area (TPSA) is 53.0 Å². The first-order chi connectivity index (χ1) is 11.2. The van der Waals surface area contributed by atoms with E-state index in [1.54, 1.807) is 0 Å². The Morgan fingerprint density at radius 3 is 2.61 bits per heavy atom. The summed E-state index contributed by atoms with van der Waals surface area (Å²) in [6, 6.07) is 12.1. The standard InChI is InChI=1S/C18H17N3O2/c1-20-8-7-13-15-10-18(22)21(19-23)17(15)9-14(16(13)11-20)12-5-3-2-4-6-12/h2-6,9H,7-8,10-11H2,1H3. The van der Waals surface area contributed by atoms with Crippen molar-refractivity contribution in [3.63, 3.8) is 0 Å². The number of anilines is 1. The van der Waals surface area contributed by atoms with Gasteiger partial charge in [-0.05, 0) is 47.4 Å². The second-order valence-electron chi connectivity index (χ2n) is 6.20. The Morgan fingerprint density at radius 2 is 1.87 bits per heavy atom. The highest BCUT2D eigenvalue weighted by Gasteiger charge is 2.34. The van der Waals surface area contributed by atoms with E-state index in [2.05, 4.69) is 29.4 Å². The number of rotatable bonds is 2. The molecule has 1 amide bonds. The second kappa shape index (κ2) is 5.28. The molecule has 0 radical (unpaired) electrons. The van der Waals surface area contributed by atoms with Gasteiger partial charge in [0.25, 0.3) is 5.91 Å². The molecule has 2 aromatic carbocycles. The van der Waals surface area contributed by atoms with Gasteiger partial charge in [0.2, 0.25) is 0 Å². The molecule has 116 valence electrons. The Kier molecular flexibility index (Phi) is 3.23. The highest BCUT2D eigenvalue weighted by Crippen LogP contribution is 2.41. The number of nitrogens with zero attached hydrogens (tertiary/aromatic N) is 3. The molecule has 23 heavy (non-hydrogen) atoms. The predicted molar refractivity (Wildman–Crippen MR) is 88.9 cm³/mol. The molecule has 0 unspecified atom stereocenters. The normalized spacial score (nSPS) is 17.1. The minimum absolute atomic E-state index is 0.235. The number of nitroso groups, excluding NO2 is 1. The summed E-state index contributed by atoms with van der Waals surface area (Å²) < 4.78 is 0. The Labute approximate surface area is 134 Å². The summed E-state index contributed by atoms with van der Waals surface area (Å²) in [6.45, 7) is 1.82. The van der Waals surface area contributed by atoms with Crippen molar-refractivity contribution >= 4 is 11.6 Å². The van der Waals surface area contributed by atoms with Crippen molar-refractivity contribution in [1.82, 2.24) is 4.90 Å². The first-order valence-corrected chi connectivity index (χ1v) is 7.77. The number of hydrogen-bond acceptors (Lipinski definition) is 4. The first kappa shape index (κ1) is 14.1. The Bertz CT molecular complexity index is 802. The number of fused-ring (bicyclic) bond motifs is 3. The van der Waals surface area contributed by atoms with Gasteiger partial charge in [-0.3, -0.25) is 4.79 Å². The quantitative estimate of drug-likeness (QED) is 0.802. The van der Waals surface area contributed by atoms with Crippen LogP contribution in [0.2, 0.25) is 0 Å². The van der Waals surface area contributed by atoms with Gasteiger partial charge in [-0.15, -0.1) is 4.91 Å². The van der Waals surface area contributed by atoms with Crippen LogP contribution in [0, 0.1) is 4.91 Å². The number of hydrogen-bond donors (Lipinski definition) is 0. The fourth-order valence-electron chi connectivity index (χ4n) is 3.66. The lowest BCUT2D eigenvalue weighted by Gasteiger charge is -2.29. The van der Waals surface area contributed by atoms with Crippen LogP contribution in [-0.4, -0.2) is 24.4 Å². The maximum atomic E-state index is 12.1. The summed E-state index contributed by atoms with van der Waals surface area (Å²) >= 11 is 0. The van der Waals surface area contributed by atoms with Crippen LogP contribution in [-0.2, 0) is 24.2 Å². The van der Waals surface area contributed by atoms with Crippen LogP contribution in [0.5, 0.6) is 0 Å². The first-order valence-electron chi connectivity index (χ1n) is 7.77. The summed E-state index contributed by atoms with van der Waals surface area (Å²) in [4.78, 5) is 25.5. The van der Waals surface area contributed by atoms with Gasteiger partial charge in [0.1, 0.15) is 0 Å². The molecule has 5 heteroatoms. The number of amides is 1. The maximum Gasteiger partial charge on any atom is 0.254 e. The van der Waals surface area contributed by atoms with Crippen LogP contribution < -0.4 is 5.01 Å². The van der Waals surface area contributed by atoms with E-state index in [9.17, 15) is 9.70 Å². The molecule has 5 nitrogen and oxygen atoms in total. The SMILES string of the molecule is CN1CCc2c(c(-c3ccccc3)cc3c2CC(=O)N3N=O)C1. The van der Waals surface area contributed by atoms with Crippen LogP contribution >= 0.6 is 0 Å². The highest BCUT2D eigenvalue weighted by atomic mass is 16.3. The van der Waals surface area contributed by atoms with Gasteiger partial charge in [0.15, 0.2) is 0 Å². The molecule has 0 N–H and O–H groups in total. The Balaban J connectivity index is 1.98. The van der Waals surface area contributed by atoms with Crippen LogP contribution in [0.1, 0.15) is 16.7 Å². The maximum absolute atomic E-state index is 12.1. The molecular weight excluding hydrogens is 290 g/mol. The lowest BCUT2D eigenvalue weighted by atomic mass is 9.86. The second-order valence-corrected chi connectivity index (χ2v) is 6.20. The number of likely N-dealkylation sites (N-methyl/N-ethyl adjacent to an activating group) is 1. The number of carbonyl (C=O) groups excluding carboxylic acids is 1. The third-order valence-corrected chi connectivity index (χ3v) is 4.77. The average Bonchev–Trinajstić information content (AvgIpc) is 2.89. The monoisotopic (exact) mass is 307 g/mol. The van der Waals surface area contributed by atoms with E-state index in [-0.39, 0.29) is 12.3 Å². The molecule has 0 aromatic heterocycles. The minimum atomic E-state index is -0.235. The molecule has 0 atom stereocenters. The van der Waals surface area contributed by atoms with Gasteiger partial charge in [0.05, 0.1) is 17.4 Å². The zero-order valence-electron chi connectivity index (χ0n) is 13.0. The van der Waals surface area contributed by atoms with Gasteiger partial charge in [-0.2, -0.15) is 5.01 Å². The van der Waals surface area contributed by atoms with Crippen molar-refractivity contribution in [1.29, 1.82) is 0 Å². The number of carbonyl (C=O) groups is 1. The van der Waals surface area contributed by atoms with E-state index in [1.807, 2.05) is 24.3 Å². The third-order valence-electron chi connectivity index (χ3n) is 4.77. The molecule has 0 saturated heterocycles. The third kappa shape index (κ3) is 2.16. The molecule has 2 heterocycles. The largest absolute Gasteiger partial charge is 0.302 e. The summed E-state index contributed by atoms with van der Waals surface area (Å²) in [5.41, 5.74) is 6.33. The van der Waals surface area contributed by atoms with Crippen LogP contribution in [0.15, 0.2) is 41.7 Å². The van der Waals surface area contributed by atoms with Gasteiger partial charge >= 0.3 is 0 Å². The summed E-state index contributed by atoms with van der Waals surface area (Å²) in [5, 5.41) is 3.95. The van der Waals surface area contributed by atoms with E-state index in [0.29, 0.717) is 5.69 Å². The molecule has 0 spiro atoms. The molecule has 0 saturated carbocycles. The Hall–Kier alpha value is -2.53. The van der Waals surface area contributed by atoms with Crippen molar-refractivity contribution in [3.8, 4) is 11.1 Å². The van der Waals surface area contributed by atoms with Crippen LogP contribution in [0.3, 0.4) is 0 Å². The minimum Gasteiger partial charge on any atom is -0.302 e. The Morgan fingerprint density at radius 1 is 1.09 bits per heavy atom. The van der Waals surface area contributed by atoms with Crippen LogP contribution in [0.4, 0.5) is 5.69 Å². The molecular formula is C18H17N3O2. The summed E-state index contributed by atoms with van der Waals surface area (Å²) in [7, 11) is 2.11. The molecule has 2 aliphatic heterocycles.